The molecule has 1 heterocycles. The Balaban J connectivity index is 1.69. The van der Waals surface area contributed by atoms with Crippen molar-refractivity contribution in [3.05, 3.63) is 70.4 Å². The predicted octanol–water partition coefficient (Wildman–Crippen LogP) is 4.49. The quantitative estimate of drug-likeness (QED) is 0.458. The number of para-hydroxylation sites is 1. The number of aromatic nitrogens is 1. The lowest BCUT2D eigenvalue weighted by Gasteiger charge is -2.08. The van der Waals surface area contributed by atoms with E-state index in [-0.39, 0.29) is 5.57 Å². The second kappa shape index (κ2) is 9.12. The van der Waals surface area contributed by atoms with Gasteiger partial charge in [-0.2, -0.15) is 5.26 Å². The van der Waals surface area contributed by atoms with Gasteiger partial charge in [0.05, 0.1) is 6.61 Å². The molecule has 3 rings (SSSR count). The number of aromatic amines is 1. The van der Waals surface area contributed by atoms with Crippen LogP contribution in [0.4, 0.5) is 0 Å². The Bertz CT molecular complexity index is 1060. The van der Waals surface area contributed by atoms with Gasteiger partial charge in [-0.15, -0.1) is 0 Å². The van der Waals surface area contributed by atoms with Crippen molar-refractivity contribution in [3.8, 4) is 11.8 Å². The first kappa shape index (κ1) is 19.5. The molecule has 1 aromatic heterocycles. The molecule has 0 atom stereocenters. The number of hydrogen-bond acceptors (Lipinski definition) is 3. The zero-order valence-electron chi connectivity index (χ0n) is 15.5. The van der Waals surface area contributed by atoms with E-state index >= 15 is 0 Å². The molecular weight excluding hydrogens is 374 g/mol. The van der Waals surface area contributed by atoms with E-state index in [1.165, 1.54) is 6.08 Å². The molecule has 0 unspecified atom stereocenters. The lowest BCUT2D eigenvalue weighted by molar-refractivity contribution is -0.117. The van der Waals surface area contributed by atoms with Crippen molar-refractivity contribution >= 4 is 34.5 Å². The van der Waals surface area contributed by atoms with Crippen LogP contribution in [0, 0.1) is 11.3 Å². The zero-order chi connectivity index (χ0) is 19.9. The maximum absolute atomic E-state index is 12.4. The third kappa shape index (κ3) is 4.54. The number of nitriles is 1. The first-order chi connectivity index (χ1) is 13.6. The molecule has 0 radical (unpaired) electrons. The van der Waals surface area contributed by atoms with Gasteiger partial charge in [-0.05, 0) is 49.2 Å². The van der Waals surface area contributed by atoms with Gasteiger partial charge in [0.25, 0.3) is 5.91 Å². The summed E-state index contributed by atoms with van der Waals surface area (Å²) in [6.45, 7) is 2.76. The second-order valence-electron chi connectivity index (χ2n) is 6.15. The molecule has 0 aliphatic heterocycles. The fourth-order valence-electron chi connectivity index (χ4n) is 2.97. The molecule has 0 saturated heterocycles. The molecule has 0 aliphatic carbocycles. The highest BCUT2D eigenvalue weighted by Crippen LogP contribution is 2.25. The highest BCUT2D eigenvalue weighted by molar-refractivity contribution is 6.30. The third-order valence-corrected chi connectivity index (χ3v) is 4.53. The lowest BCUT2D eigenvalue weighted by Crippen LogP contribution is -2.26. The van der Waals surface area contributed by atoms with Gasteiger partial charge in [-0.1, -0.05) is 29.8 Å². The molecule has 6 heteroatoms. The van der Waals surface area contributed by atoms with Crippen molar-refractivity contribution in [1.82, 2.24) is 10.3 Å². The van der Waals surface area contributed by atoms with Gasteiger partial charge in [0, 0.05) is 34.2 Å². The zero-order valence-corrected chi connectivity index (χ0v) is 16.2. The fourth-order valence-corrected chi connectivity index (χ4v) is 3.15. The summed E-state index contributed by atoms with van der Waals surface area (Å²) in [5.74, 6) is 0.149. The lowest BCUT2D eigenvalue weighted by atomic mass is 10.1. The monoisotopic (exact) mass is 393 g/mol. The van der Waals surface area contributed by atoms with Crippen LogP contribution in [0.15, 0.2) is 54.2 Å². The summed E-state index contributed by atoms with van der Waals surface area (Å²) < 4.78 is 5.54. The van der Waals surface area contributed by atoms with E-state index in [4.69, 9.17) is 16.3 Å². The van der Waals surface area contributed by atoms with Crippen LogP contribution in [-0.4, -0.2) is 24.0 Å². The number of halogens is 1. The minimum Gasteiger partial charge on any atom is -0.493 e. The number of nitrogens with one attached hydrogen (secondary N) is 2. The van der Waals surface area contributed by atoms with Gasteiger partial charge in [0.15, 0.2) is 0 Å². The first-order valence-corrected chi connectivity index (χ1v) is 9.37. The van der Waals surface area contributed by atoms with Crippen molar-refractivity contribution in [3.63, 3.8) is 0 Å². The number of H-pyrrole nitrogens is 1. The largest absolute Gasteiger partial charge is 0.493 e. The van der Waals surface area contributed by atoms with E-state index in [1.54, 1.807) is 18.2 Å². The number of carbonyl (C=O) groups excluding carboxylic acids is 1. The number of rotatable bonds is 7. The maximum Gasteiger partial charge on any atom is 0.261 e. The Morgan fingerprint density at radius 2 is 2.14 bits per heavy atom. The van der Waals surface area contributed by atoms with E-state index in [9.17, 15) is 10.1 Å². The SMILES string of the molecule is CCOc1ccc(Cl)cc1/C=C(/C#N)C(=O)NCCc1c[nH]c2ccccc12. The molecule has 0 fully saturated rings. The van der Waals surface area contributed by atoms with Gasteiger partial charge in [0.2, 0.25) is 0 Å². The molecule has 0 aliphatic rings. The molecule has 1 amide bonds. The number of hydrogen-bond donors (Lipinski definition) is 2. The van der Waals surface area contributed by atoms with Crippen LogP contribution >= 0.6 is 11.6 Å². The molecule has 2 aromatic carbocycles. The van der Waals surface area contributed by atoms with Crippen LogP contribution in [0.25, 0.3) is 17.0 Å². The Kier molecular flexibility index (Phi) is 6.36. The number of carbonyl (C=O) groups is 1. The highest BCUT2D eigenvalue weighted by Gasteiger charge is 2.12. The molecule has 0 saturated carbocycles. The van der Waals surface area contributed by atoms with Crippen molar-refractivity contribution in [2.75, 3.05) is 13.2 Å². The molecule has 28 heavy (non-hydrogen) atoms. The minimum absolute atomic E-state index is 0.00199. The normalized spacial score (nSPS) is 11.2. The van der Waals surface area contributed by atoms with Gasteiger partial charge in [-0.25, -0.2) is 0 Å². The number of ether oxygens (including phenoxy) is 1. The summed E-state index contributed by atoms with van der Waals surface area (Å²) in [4.78, 5) is 15.7. The van der Waals surface area contributed by atoms with Crippen molar-refractivity contribution in [2.45, 2.75) is 13.3 Å². The number of amides is 1. The summed E-state index contributed by atoms with van der Waals surface area (Å²) >= 11 is 6.04. The summed E-state index contributed by atoms with van der Waals surface area (Å²) in [5.41, 5.74) is 2.78. The smallest absolute Gasteiger partial charge is 0.261 e. The van der Waals surface area contributed by atoms with Crippen LogP contribution in [0.2, 0.25) is 5.02 Å². The second-order valence-corrected chi connectivity index (χ2v) is 6.59. The number of nitrogens with zero attached hydrogens (tertiary/aromatic N) is 1. The van der Waals surface area contributed by atoms with Gasteiger partial charge in [-0.3, -0.25) is 4.79 Å². The molecule has 0 spiro atoms. The van der Waals surface area contributed by atoms with E-state index in [0.29, 0.717) is 35.9 Å². The van der Waals surface area contributed by atoms with Gasteiger partial charge in [0.1, 0.15) is 17.4 Å². The summed E-state index contributed by atoms with van der Waals surface area (Å²) in [5, 5.41) is 13.9. The van der Waals surface area contributed by atoms with E-state index in [2.05, 4.69) is 10.3 Å². The third-order valence-electron chi connectivity index (χ3n) is 4.29. The first-order valence-electron chi connectivity index (χ1n) is 8.99. The molecule has 3 aromatic rings. The van der Waals surface area contributed by atoms with Crippen LogP contribution in [0.5, 0.6) is 5.75 Å². The van der Waals surface area contributed by atoms with Crippen LogP contribution < -0.4 is 10.1 Å². The maximum atomic E-state index is 12.4. The summed E-state index contributed by atoms with van der Waals surface area (Å²) in [6.07, 6.45) is 4.10. The molecule has 0 bridgehead atoms. The van der Waals surface area contributed by atoms with Crippen molar-refractivity contribution in [1.29, 1.82) is 5.26 Å². The number of benzene rings is 2. The topological polar surface area (TPSA) is 77.9 Å². The average molecular weight is 394 g/mol. The molecule has 2 N–H and O–H groups in total. The fraction of sp³-hybridized carbons (Fsp3) is 0.182. The Labute approximate surface area is 168 Å². The van der Waals surface area contributed by atoms with E-state index in [1.807, 2.05) is 43.5 Å². The average Bonchev–Trinajstić information content (AvgIpc) is 3.11. The van der Waals surface area contributed by atoms with E-state index in [0.717, 1.165) is 16.5 Å². The Morgan fingerprint density at radius 1 is 1.32 bits per heavy atom. The minimum atomic E-state index is -0.426. The van der Waals surface area contributed by atoms with Crippen molar-refractivity contribution in [2.24, 2.45) is 0 Å². The summed E-state index contributed by atoms with van der Waals surface area (Å²) in [6, 6.07) is 15.1. The Hall–Kier alpha value is -3.23. The van der Waals surface area contributed by atoms with Crippen LogP contribution in [0.1, 0.15) is 18.1 Å². The van der Waals surface area contributed by atoms with Gasteiger partial charge < -0.3 is 15.0 Å². The number of fused-ring (bicyclic) bond motifs is 1. The van der Waals surface area contributed by atoms with Crippen LogP contribution in [0.3, 0.4) is 0 Å². The Morgan fingerprint density at radius 3 is 2.93 bits per heavy atom. The summed E-state index contributed by atoms with van der Waals surface area (Å²) in [7, 11) is 0. The standard InChI is InChI=1S/C22H20ClN3O2/c1-2-28-21-8-7-18(23)12-16(21)11-17(13-24)22(27)25-10-9-15-14-26-20-6-4-3-5-19(15)20/h3-8,11-12,14,26H,2,9-10H2,1H3,(H,25,27)/b17-11-. The van der Waals surface area contributed by atoms with Crippen molar-refractivity contribution < 1.29 is 9.53 Å². The molecule has 142 valence electrons. The highest BCUT2D eigenvalue weighted by atomic mass is 35.5. The van der Waals surface area contributed by atoms with Gasteiger partial charge >= 0.3 is 0 Å². The molecule has 5 nitrogen and oxygen atoms in total. The van der Waals surface area contributed by atoms with E-state index < -0.39 is 5.91 Å². The molecular formula is C22H20ClN3O2. The van der Waals surface area contributed by atoms with Crippen LogP contribution in [-0.2, 0) is 11.2 Å². The predicted molar refractivity (Wildman–Crippen MR) is 111 cm³/mol.